The molecule has 0 atom stereocenters. The summed E-state index contributed by atoms with van der Waals surface area (Å²) in [4.78, 5) is 1.83. The fraction of sp³-hybridized carbons (Fsp3) is 0.125. The molecule has 3 rings (SSSR count). The lowest BCUT2D eigenvalue weighted by atomic mass is 9.98. The van der Waals surface area contributed by atoms with E-state index in [-0.39, 0.29) is 0 Å². The van der Waals surface area contributed by atoms with Gasteiger partial charge in [0, 0.05) is 19.2 Å². The molecule has 0 unspecified atom stereocenters. The Morgan fingerprint density at radius 3 is 2.43 bits per heavy atom. The molecule has 0 aliphatic heterocycles. The molecule has 1 aromatic heterocycles. The van der Waals surface area contributed by atoms with Crippen LogP contribution in [0.15, 0.2) is 48.5 Å². The number of rotatable bonds is 4. The second-order valence-corrected chi connectivity index (χ2v) is 5.59. The summed E-state index contributed by atoms with van der Waals surface area (Å²) < 4.78 is 0. The highest BCUT2D eigenvalue weighted by molar-refractivity contribution is 7.80. The van der Waals surface area contributed by atoms with Crippen LogP contribution in [0.1, 0.15) is 5.56 Å². The summed E-state index contributed by atoms with van der Waals surface area (Å²) in [7, 11) is 1.88. The van der Waals surface area contributed by atoms with Crippen LogP contribution in [0, 0.1) is 0 Å². The molecule has 0 aliphatic rings. The van der Waals surface area contributed by atoms with Crippen LogP contribution in [0.5, 0.6) is 0 Å². The van der Waals surface area contributed by atoms with Gasteiger partial charge in [0.25, 0.3) is 0 Å². The van der Waals surface area contributed by atoms with Gasteiger partial charge in [0.2, 0.25) is 5.82 Å². The van der Waals surface area contributed by atoms with Gasteiger partial charge in [-0.1, -0.05) is 48.5 Å². The zero-order chi connectivity index (χ0) is 16.2. The average Bonchev–Trinajstić information content (AvgIpc) is 3.10. The molecule has 0 spiro atoms. The predicted molar refractivity (Wildman–Crippen MR) is 93.3 cm³/mol. The molecule has 116 valence electrons. The van der Waals surface area contributed by atoms with Crippen molar-refractivity contribution in [1.82, 2.24) is 25.5 Å². The fourth-order valence-corrected chi connectivity index (χ4v) is 2.41. The van der Waals surface area contributed by atoms with Crippen molar-refractivity contribution >= 4 is 17.3 Å². The fourth-order valence-electron chi connectivity index (χ4n) is 2.35. The van der Waals surface area contributed by atoms with Gasteiger partial charge in [0.05, 0.1) is 0 Å². The largest absolute Gasteiger partial charge is 0.376 e. The Morgan fingerprint density at radius 2 is 1.83 bits per heavy atom. The number of hydrogen-bond donors (Lipinski definition) is 2. The number of tetrazole rings is 1. The Bertz CT molecular complexity index is 798. The van der Waals surface area contributed by atoms with E-state index in [0.717, 1.165) is 22.3 Å². The van der Waals surface area contributed by atoms with E-state index in [9.17, 15) is 0 Å². The third kappa shape index (κ3) is 3.35. The highest BCUT2D eigenvalue weighted by atomic mass is 32.1. The van der Waals surface area contributed by atoms with Crippen molar-refractivity contribution in [2.45, 2.75) is 6.54 Å². The number of benzene rings is 2. The molecule has 0 aliphatic carbocycles. The van der Waals surface area contributed by atoms with E-state index in [2.05, 4.69) is 44.9 Å². The van der Waals surface area contributed by atoms with Crippen molar-refractivity contribution in [3.8, 4) is 22.5 Å². The maximum Gasteiger partial charge on any atom is 0.205 e. The summed E-state index contributed by atoms with van der Waals surface area (Å²) in [6, 6.07) is 16.3. The summed E-state index contributed by atoms with van der Waals surface area (Å²) in [5, 5.41) is 14.6. The van der Waals surface area contributed by atoms with Crippen molar-refractivity contribution < 1.29 is 0 Å². The number of nitrogens with one attached hydrogen (secondary N) is 1. The first-order valence-corrected chi connectivity index (χ1v) is 7.48. The molecule has 2 aromatic carbocycles. The molecular weight excluding hydrogens is 308 g/mol. The van der Waals surface area contributed by atoms with Crippen molar-refractivity contribution in [3.63, 3.8) is 0 Å². The van der Waals surface area contributed by atoms with E-state index < -0.39 is 0 Å². The lowest BCUT2D eigenvalue weighted by Gasteiger charge is -2.17. The molecule has 0 saturated heterocycles. The van der Waals surface area contributed by atoms with Crippen LogP contribution in [-0.4, -0.2) is 37.7 Å². The third-order valence-corrected chi connectivity index (χ3v) is 3.89. The Hall–Kier alpha value is -2.80. The van der Waals surface area contributed by atoms with Gasteiger partial charge < -0.3 is 10.6 Å². The Balaban J connectivity index is 1.90. The van der Waals surface area contributed by atoms with Gasteiger partial charge in [0.1, 0.15) is 0 Å². The molecule has 6 nitrogen and oxygen atoms in total. The van der Waals surface area contributed by atoms with E-state index in [0.29, 0.717) is 17.5 Å². The molecular formula is C16H16N6S. The minimum atomic E-state index is 0.386. The summed E-state index contributed by atoms with van der Waals surface area (Å²) in [6.07, 6.45) is 0. The van der Waals surface area contributed by atoms with E-state index in [1.165, 1.54) is 0 Å². The van der Waals surface area contributed by atoms with Gasteiger partial charge >= 0.3 is 0 Å². The quantitative estimate of drug-likeness (QED) is 0.716. The van der Waals surface area contributed by atoms with Crippen molar-refractivity contribution in [1.29, 1.82) is 0 Å². The maximum atomic E-state index is 5.61. The van der Waals surface area contributed by atoms with Crippen molar-refractivity contribution in [2.24, 2.45) is 5.73 Å². The lowest BCUT2D eigenvalue weighted by molar-refractivity contribution is 0.504. The first kappa shape index (κ1) is 15.1. The van der Waals surface area contributed by atoms with Crippen LogP contribution in [-0.2, 0) is 6.54 Å². The van der Waals surface area contributed by atoms with Crippen LogP contribution in [0.2, 0.25) is 0 Å². The lowest BCUT2D eigenvalue weighted by Crippen LogP contribution is -2.31. The number of aromatic amines is 1. The molecule has 3 aromatic rings. The topological polar surface area (TPSA) is 83.7 Å². The first-order chi connectivity index (χ1) is 11.1. The number of H-pyrrole nitrogens is 1. The summed E-state index contributed by atoms with van der Waals surface area (Å²) in [6.45, 7) is 0.683. The zero-order valence-corrected chi connectivity index (χ0v) is 13.4. The van der Waals surface area contributed by atoms with E-state index >= 15 is 0 Å². The molecule has 1 heterocycles. The minimum Gasteiger partial charge on any atom is -0.376 e. The van der Waals surface area contributed by atoms with Gasteiger partial charge in [-0.3, -0.25) is 0 Å². The normalized spacial score (nSPS) is 10.5. The minimum absolute atomic E-state index is 0.386. The van der Waals surface area contributed by atoms with E-state index in [4.69, 9.17) is 18.0 Å². The highest BCUT2D eigenvalue weighted by Crippen LogP contribution is 2.29. The first-order valence-electron chi connectivity index (χ1n) is 7.08. The number of aromatic nitrogens is 4. The number of hydrogen-bond acceptors (Lipinski definition) is 4. The molecule has 0 saturated carbocycles. The van der Waals surface area contributed by atoms with Gasteiger partial charge in [-0.15, -0.1) is 10.2 Å². The smallest absolute Gasteiger partial charge is 0.205 e. The molecule has 3 N–H and O–H groups in total. The summed E-state index contributed by atoms with van der Waals surface area (Å²) in [5.74, 6) is 0.581. The van der Waals surface area contributed by atoms with Gasteiger partial charge in [-0.2, -0.15) is 5.21 Å². The van der Waals surface area contributed by atoms with Crippen LogP contribution in [0.3, 0.4) is 0 Å². The van der Waals surface area contributed by atoms with Crippen molar-refractivity contribution in [2.75, 3.05) is 7.05 Å². The second kappa shape index (κ2) is 6.53. The molecule has 23 heavy (non-hydrogen) atoms. The highest BCUT2D eigenvalue weighted by Gasteiger charge is 2.10. The Morgan fingerprint density at radius 1 is 1.13 bits per heavy atom. The Kier molecular flexibility index (Phi) is 4.29. The zero-order valence-electron chi connectivity index (χ0n) is 12.6. The average molecular weight is 324 g/mol. The van der Waals surface area contributed by atoms with Crippen LogP contribution in [0.25, 0.3) is 22.5 Å². The maximum absolute atomic E-state index is 5.61. The molecule has 0 bridgehead atoms. The van der Waals surface area contributed by atoms with E-state index in [1.807, 2.05) is 36.2 Å². The molecule has 0 radical (unpaired) electrons. The van der Waals surface area contributed by atoms with Crippen LogP contribution >= 0.6 is 12.2 Å². The number of nitrogens with two attached hydrogens (primary N) is 1. The van der Waals surface area contributed by atoms with Gasteiger partial charge in [-0.25, -0.2) is 0 Å². The SMILES string of the molecule is CN(Cc1ccc(-c2ccccc2-c2nn[nH]n2)cc1)C(N)=S. The van der Waals surface area contributed by atoms with Gasteiger partial charge in [0.15, 0.2) is 5.11 Å². The number of thiocarbonyl (C=S) groups is 1. The predicted octanol–water partition coefficient (Wildman–Crippen LogP) is 2.21. The summed E-state index contributed by atoms with van der Waals surface area (Å²) in [5.41, 5.74) is 9.84. The van der Waals surface area contributed by atoms with Gasteiger partial charge in [-0.05, 0) is 34.1 Å². The molecule has 0 fully saturated rings. The van der Waals surface area contributed by atoms with Crippen LogP contribution < -0.4 is 5.73 Å². The monoisotopic (exact) mass is 324 g/mol. The number of nitrogens with zero attached hydrogens (tertiary/aromatic N) is 4. The Labute approximate surface area is 139 Å². The third-order valence-electron chi connectivity index (χ3n) is 3.57. The van der Waals surface area contributed by atoms with Crippen LogP contribution in [0.4, 0.5) is 0 Å². The van der Waals surface area contributed by atoms with Crippen molar-refractivity contribution in [3.05, 3.63) is 54.1 Å². The molecule has 7 heteroatoms. The standard InChI is InChI=1S/C16H16N6S/c1-22(16(17)23)10-11-6-8-12(9-7-11)13-4-2-3-5-14(13)15-18-20-21-19-15/h2-9H,10H2,1H3,(H2,17,23)(H,18,19,20,21). The van der Waals surface area contributed by atoms with E-state index in [1.54, 1.807) is 0 Å². The molecule has 0 amide bonds. The summed E-state index contributed by atoms with van der Waals surface area (Å²) >= 11 is 4.96. The second-order valence-electron chi connectivity index (χ2n) is 5.17.